The molecule has 0 saturated heterocycles. The van der Waals surface area contributed by atoms with Gasteiger partial charge in [-0.05, 0) is 42.5 Å². The maximum atomic E-state index is 12.7. The Bertz CT molecular complexity index is 1160. The fourth-order valence-corrected chi connectivity index (χ4v) is 3.91. The second-order valence-corrected chi connectivity index (χ2v) is 8.58. The summed E-state index contributed by atoms with van der Waals surface area (Å²) in [5.74, 6) is -0.896. The molecule has 2 aromatic carbocycles. The van der Waals surface area contributed by atoms with Crippen LogP contribution in [0, 0.1) is 13.8 Å². The molecule has 0 atom stereocenters. The standard InChI is InChI=1S/C24H25Cl2N3O3/c1-14(2)18-10-7-8-15(3)22(18)27-20(30)13-32-24(31)21-16(4)28-29(23(21)26)12-17-9-5-6-11-19(17)25/h5-11,14H,12-13H2,1-4H3,(H,27,30). The number of carbonyl (C=O) groups is 2. The highest BCUT2D eigenvalue weighted by atomic mass is 35.5. The maximum Gasteiger partial charge on any atom is 0.343 e. The molecule has 0 fully saturated rings. The molecule has 168 valence electrons. The van der Waals surface area contributed by atoms with Gasteiger partial charge >= 0.3 is 5.97 Å². The van der Waals surface area contributed by atoms with Gasteiger partial charge in [0.25, 0.3) is 5.91 Å². The third-order valence-corrected chi connectivity index (χ3v) is 5.83. The van der Waals surface area contributed by atoms with Gasteiger partial charge in [0.05, 0.1) is 12.2 Å². The summed E-state index contributed by atoms with van der Waals surface area (Å²) in [5.41, 5.74) is 4.06. The van der Waals surface area contributed by atoms with Crippen molar-refractivity contribution in [3.63, 3.8) is 0 Å². The van der Waals surface area contributed by atoms with Gasteiger partial charge in [0.15, 0.2) is 6.61 Å². The van der Waals surface area contributed by atoms with Crippen LogP contribution in [0.3, 0.4) is 0 Å². The van der Waals surface area contributed by atoms with Crippen LogP contribution >= 0.6 is 23.2 Å². The average Bonchev–Trinajstić information content (AvgIpc) is 3.02. The van der Waals surface area contributed by atoms with E-state index in [0.29, 0.717) is 17.3 Å². The van der Waals surface area contributed by atoms with E-state index in [-0.39, 0.29) is 16.6 Å². The fraction of sp³-hybridized carbons (Fsp3) is 0.292. The molecule has 0 unspecified atom stereocenters. The Kier molecular flexibility index (Phi) is 7.59. The third kappa shape index (κ3) is 5.31. The molecule has 0 bridgehead atoms. The summed E-state index contributed by atoms with van der Waals surface area (Å²) in [7, 11) is 0. The number of hydrogen-bond donors (Lipinski definition) is 1. The number of esters is 1. The SMILES string of the molecule is Cc1cccc(C(C)C)c1NC(=O)COC(=O)c1c(C)nn(Cc2ccccc2Cl)c1Cl. The number of aryl methyl sites for hydroxylation is 2. The minimum Gasteiger partial charge on any atom is -0.452 e. The van der Waals surface area contributed by atoms with Gasteiger partial charge in [-0.25, -0.2) is 9.48 Å². The molecule has 3 aromatic rings. The predicted molar refractivity (Wildman–Crippen MR) is 127 cm³/mol. The van der Waals surface area contributed by atoms with Crippen molar-refractivity contribution in [1.82, 2.24) is 9.78 Å². The first-order valence-corrected chi connectivity index (χ1v) is 11.0. The van der Waals surface area contributed by atoms with Crippen molar-refractivity contribution in [3.05, 3.63) is 80.6 Å². The van der Waals surface area contributed by atoms with E-state index in [2.05, 4.69) is 24.3 Å². The number of anilines is 1. The number of rotatable bonds is 7. The fourth-order valence-electron chi connectivity index (χ4n) is 3.40. The molecule has 1 aromatic heterocycles. The number of aromatic nitrogens is 2. The number of carbonyl (C=O) groups excluding carboxylic acids is 2. The predicted octanol–water partition coefficient (Wildman–Crippen LogP) is 5.77. The lowest BCUT2D eigenvalue weighted by Gasteiger charge is -2.16. The molecule has 0 spiro atoms. The number of benzene rings is 2. The zero-order chi connectivity index (χ0) is 23.4. The highest BCUT2D eigenvalue weighted by molar-refractivity contribution is 6.33. The minimum absolute atomic E-state index is 0.130. The van der Waals surface area contributed by atoms with Gasteiger partial charge in [-0.2, -0.15) is 5.10 Å². The minimum atomic E-state index is -0.707. The monoisotopic (exact) mass is 473 g/mol. The van der Waals surface area contributed by atoms with Gasteiger partial charge in [0.2, 0.25) is 0 Å². The van der Waals surface area contributed by atoms with Crippen LogP contribution in [0.4, 0.5) is 5.69 Å². The van der Waals surface area contributed by atoms with Crippen LogP contribution in [0.5, 0.6) is 0 Å². The Morgan fingerprint density at radius 3 is 2.50 bits per heavy atom. The lowest BCUT2D eigenvalue weighted by Crippen LogP contribution is -2.22. The van der Waals surface area contributed by atoms with Crippen molar-refractivity contribution in [1.29, 1.82) is 0 Å². The molecule has 0 aliphatic heterocycles. The summed E-state index contributed by atoms with van der Waals surface area (Å²) in [4.78, 5) is 25.1. The van der Waals surface area contributed by atoms with Gasteiger partial charge in [-0.15, -0.1) is 0 Å². The van der Waals surface area contributed by atoms with E-state index in [9.17, 15) is 9.59 Å². The Morgan fingerprint density at radius 2 is 1.81 bits per heavy atom. The molecule has 0 aliphatic carbocycles. The largest absolute Gasteiger partial charge is 0.452 e. The molecule has 1 amide bonds. The molecule has 6 nitrogen and oxygen atoms in total. The molecular weight excluding hydrogens is 449 g/mol. The smallest absolute Gasteiger partial charge is 0.343 e. The van der Waals surface area contributed by atoms with Crippen LogP contribution in [0.15, 0.2) is 42.5 Å². The second-order valence-electron chi connectivity index (χ2n) is 7.82. The van der Waals surface area contributed by atoms with Crippen molar-refractivity contribution < 1.29 is 14.3 Å². The number of hydrogen-bond acceptors (Lipinski definition) is 4. The van der Waals surface area contributed by atoms with Gasteiger partial charge in [0, 0.05) is 10.7 Å². The number of ether oxygens (including phenoxy) is 1. The lowest BCUT2D eigenvalue weighted by atomic mass is 9.98. The van der Waals surface area contributed by atoms with E-state index >= 15 is 0 Å². The summed E-state index contributed by atoms with van der Waals surface area (Å²) in [6.45, 7) is 7.55. The first-order valence-electron chi connectivity index (χ1n) is 10.2. The zero-order valence-corrected chi connectivity index (χ0v) is 19.9. The van der Waals surface area contributed by atoms with Crippen LogP contribution in [0.1, 0.15) is 52.5 Å². The van der Waals surface area contributed by atoms with E-state index in [1.54, 1.807) is 13.0 Å². The Hall–Kier alpha value is -2.83. The van der Waals surface area contributed by atoms with E-state index in [1.807, 2.05) is 43.3 Å². The summed E-state index contributed by atoms with van der Waals surface area (Å²) < 4.78 is 6.72. The number of para-hydroxylation sites is 1. The van der Waals surface area contributed by atoms with E-state index < -0.39 is 18.5 Å². The molecule has 32 heavy (non-hydrogen) atoms. The first kappa shape index (κ1) is 23.8. The number of halogens is 2. The highest BCUT2D eigenvalue weighted by Crippen LogP contribution is 2.27. The van der Waals surface area contributed by atoms with Crippen LogP contribution < -0.4 is 5.32 Å². The zero-order valence-electron chi connectivity index (χ0n) is 18.4. The third-order valence-electron chi connectivity index (χ3n) is 5.07. The maximum absolute atomic E-state index is 12.7. The summed E-state index contributed by atoms with van der Waals surface area (Å²) in [5, 5.41) is 7.90. The molecule has 0 radical (unpaired) electrons. The van der Waals surface area contributed by atoms with E-state index in [4.69, 9.17) is 27.9 Å². The van der Waals surface area contributed by atoms with Crippen molar-refractivity contribution in [3.8, 4) is 0 Å². The van der Waals surface area contributed by atoms with Crippen molar-refractivity contribution in [2.75, 3.05) is 11.9 Å². The molecule has 3 rings (SSSR count). The van der Waals surface area contributed by atoms with Crippen LogP contribution in [-0.4, -0.2) is 28.3 Å². The first-order chi connectivity index (χ1) is 15.2. The van der Waals surface area contributed by atoms with Gasteiger partial charge in [-0.3, -0.25) is 4.79 Å². The number of amides is 1. The number of nitrogens with zero attached hydrogens (tertiary/aromatic N) is 2. The normalized spacial score (nSPS) is 11.0. The average molecular weight is 474 g/mol. The molecule has 0 aliphatic rings. The molecule has 1 N–H and O–H groups in total. The van der Waals surface area contributed by atoms with Crippen molar-refractivity contribution in [2.24, 2.45) is 0 Å². The Labute approximate surface area is 197 Å². The van der Waals surface area contributed by atoms with Crippen molar-refractivity contribution in [2.45, 2.75) is 40.2 Å². The molecule has 1 heterocycles. The number of nitrogens with one attached hydrogen (secondary N) is 1. The summed E-state index contributed by atoms with van der Waals surface area (Å²) in [6, 6.07) is 13.2. The molecular formula is C24H25Cl2N3O3. The van der Waals surface area contributed by atoms with Crippen LogP contribution in [0.2, 0.25) is 10.2 Å². The molecule has 0 saturated carbocycles. The van der Waals surface area contributed by atoms with Crippen molar-refractivity contribution >= 4 is 40.8 Å². The van der Waals surface area contributed by atoms with Crippen LogP contribution in [0.25, 0.3) is 0 Å². The van der Waals surface area contributed by atoms with Gasteiger partial charge in [0.1, 0.15) is 10.7 Å². The topological polar surface area (TPSA) is 73.2 Å². The Balaban J connectivity index is 1.69. The van der Waals surface area contributed by atoms with E-state index in [1.165, 1.54) is 4.68 Å². The van der Waals surface area contributed by atoms with Crippen LogP contribution in [-0.2, 0) is 16.1 Å². The summed E-state index contributed by atoms with van der Waals surface area (Å²) >= 11 is 12.6. The van der Waals surface area contributed by atoms with E-state index in [0.717, 1.165) is 22.4 Å². The second kappa shape index (κ2) is 10.2. The van der Waals surface area contributed by atoms with Gasteiger partial charge < -0.3 is 10.1 Å². The lowest BCUT2D eigenvalue weighted by molar-refractivity contribution is -0.119. The summed E-state index contributed by atoms with van der Waals surface area (Å²) in [6.07, 6.45) is 0. The molecule has 8 heteroatoms. The van der Waals surface area contributed by atoms with Gasteiger partial charge in [-0.1, -0.05) is 73.4 Å². The highest BCUT2D eigenvalue weighted by Gasteiger charge is 2.23. The Morgan fingerprint density at radius 1 is 1.09 bits per heavy atom. The quantitative estimate of drug-likeness (QED) is 0.441.